The van der Waals surface area contributed by atoms with Gasteiger partial charge in [0.25, 0.3) is 11.5 Å². The van der Waals surface area contributed by atoms with Gasteiger partial charge in [0, 0.05) is 7.05 Å². The zero-order chi connectivity index (χ0) is 21.1. The van der Waals surface area contributed by atoms with Gasteiger partial charge in [0.05, 0.1) is 16.9 Å². The van der Waals surface area contributed by atoms with Crippen molar-refractivity contribution in [2.75, 3.05) is 5.32 Å². The second-order valence-electron chi connectivity index (χ2n) is 6.52. The number of hydrogen-bond acceptors (Lipinski definition) is 5. The lowest BCUT2D eigenvalue weighted by Crippen LogP contribution is -2.32. The summed E-state index contributed by atoms with van der Waals surface area (Å²) in [5, 5.41) is 12.0. The van der Waals surface area contributed by atoms with Gasteiger partial charge in [-0.25, -0.2) is 9.48 Å². The van der Waals surface area contributed by atoms with Gasteiger partial charge < -0.3 is 15.2 Å². The van der Waals surface area contributed by atoms with Crippen molar-refractivity contribution in [3.8, 4) is 11.4 Å². The molecule has 0 unspecified atom stereocenters. The largest absolute Gasteiger partial charge is 0.508 e. The van der Waals surface area contributed by atoms with Gasteiger partial charge in [-0.2, -0.15) is 0 Å². The highest BCUT2D eigenvalue weighted by atomic mass is 16.5. The molecule has 29 heavy (non-hydrogen) atoms. The number of carbonyl (C=O) groups excluding carboxylic acids is 2. The fraction of sp³-hybridized carbons (Fsp3) is 0.190. The Hall–Kier alpha value is -3.81. The van der Waals surface area contributed by atoms with Gasteiger partial charge in [0.15, 0.2) is 6.10 Å². The summed E-state index contributed by atoms with van der Waals surface area (Å²) in [6, 6.07) is 14.7. The Balaban J connectivity index is 1.79. The van der Waals surface area contributed by atoms with E-state index in [9.17, 15) is 19.5 Å². The fourth-order valence-electron chi connectivity index (χ4n) is 2.85. The van der Waals surface area contributed by atoms with Gasteiger partial charge in [0.1, 0.15) is 11.4 Å². The zero-order valence-corrected chi connectivity index (χ0v) is 16.2. The average Bonchev–Trinajstić information content (AvgIpc) is 2.91. The third kappa shape index (κ3) is 4.06. The van der Waals surface area contributed by atoms with Crippen molar-refractivity contribution < 1.29 is 19.4 Å². The summed E-state index contributed by atoms with van der Waals surface area (Å²) in [7, 11) is 1.71. The maximum atomic E-state index is 12.8. The number of phenols is 1. The average molecular weight is 395 g/mol. The first-order valence-corrected chi connectivity index (χ1v) is 8.94. The quantitative estimate of drug-likeness (QED) is 0.646. The molecule has 0 saturated carbocycles. The summed E-state index contributed by atoms with van der Waals surface area (Å²) in [6.45, 7) is 3.11. The molecule has 0 aliphatic heterocycles. The van der Waals surface area contributed by atoms with Crippen molar-refractivity contribution >= 4 is 17.6 Å². The summed E-state index contributed by atoms with van der Waals surface area (Å²) in [4.78, 5) is 37.5. The molecule has 0 saturated heterocycles. The van der Waals surface area contributed by atoms with Crippen molar-refractivity contribution in [2.45, 2.75) is 20.0 Å². The van der Waals surface area contributed by atoms with Crippen LogP contribution in [0.3, 0.4) is 0 Å². The van der Waals surface area contributed by atoms with Crippen LogP contribution in [0.5, 0.6) is 5.75 Å². The van der Waals surface area contributed by atoms with Crippen molar-refractivity contribution in [1.82, 2.24) is 9.36 Å². The molecule has 3 aromatic rings. The fourth-order valence-corrected chi connectivity index (χ4v) is 2.85. The van der Waals surface area contributed by atoms with E-state index in [1.165, 1.54) is 35.9 Å². The lowest BCUT2D eigenvalue weighted by Gasteiger charge is -2.13. The van der Waals surface area contributed by atoms with Crippen LogP contribution in [0.2, 0.25) is 0 Å². The number of rotatable bonds is 5. The molecule has 0 aliphatic rings. The highest BCUT2D eigenvalue weighted by Crippen LogP contribution is 2.16. The normalized spacial score (nSPS) is 11.7. The SMILES string of the molecule is Cc1c(NC(=O)[C@@H](C)OC(=O)c2cccc(O)c2)c(=O)n(-c2ccccc2)n1C. The zero-order valence-electron chi connectivity index (χ0n) is 16.2. The van der Waals surface area contributed by atoms with Crippen LogP contribution >= 0.6 is 0 Å². The number of nitrogens with one attached hydrogen (secondary N) is 1. The van der Waals surface area contributed by atoms with Crippen LogP contribution in [0.1, 0.15) is 23.0 Å². The van der Waals surface area contributed by atoms with E-state index in [-0.39, 0.29) is 17.0 Å². The van der Waals surface area contributed by atoms with Gasteiger partial charge in [-0.1, -0.05) is 24.3 Å². The van der Waals surface area contributed by atoms with E-state index >= 15 is 0 Å². The summed E-state index contributed by atoms with van der Waals surface area (Å²) in [5.74, 6) is -1.47. The number of para-hydroxylation sites is 1. The summed E-state index contributed by atoms with van der Waals surface area (Å²) < 4.78 is 8.22. The third-order valence-corrected chi connectivity index (χ3v) is 4.54. The first-order chi connectivity index (χ1) is 13.8. The number of nitrogens with zero attached hydrogens (tertiary/aromatic N) is 2. The van der Waals surface area contributed by atoms with Gasteiger partial charge in [-0.3, -0.25) is 14.3 Å². The Labute approximate surface area is 166 Å². The molecular formula is C21H21N3O5. The van der Waals surface area contributed by atoms with E-state index in [0.29, 0.717) is 11.4 Å². The Bertz CT molecular complexity index is 1120. The Morgan fingerprint density at radius 2 is 1.79 bits per heavy atom. The van der Waals surface area contributed by atoms with E-state index in [2.05, 4.69) is 5.32 Å². The molecule has 1 amide bonds. The number of benzene rings is 2. The highest BCUT2D eigenvalue weighted by Gasteiger charge is 2.23. The predicted molar refractivity (Wildman–Crippen MR) is 107 cm³/mol. The number of anilines is 1. The lowest BCUT2D eigenvalue weighted by molar-refractivity contribution is -0.123. The van der Waals surface area contributed by atoms with Crippen LogP contribution < -0.4 is 10.9 Å². The molecule has 150 valence electrons. The number of ether oxygens (including phenoxy) is 1. The minimum Gasteiger partial charge on any atom is -0.508 e. The van der Waals surface area contributed by atoms with Gasteiger partial charge >= 0.3 is 5.97 Å². The second kappa shape index (κ2) is 8.05. The minimum atomic E-state index is -1.14. The van der Waals surface area contributed by atoms with Crippen molar-refractivity contribution in [3.05, 3.63) is 76.2 Å². The van der Waals surface area contributed by atoms with E-state index in [0.717, 1.165) is 0 Å². The molecule has 0 spiro atoms. The van der Waals surface area contributed by atoms with Crippen LogP contribution in [-0.4, -0.2) is 32.5 Å². The molecule has 0 fully saturated rings. The Kier molecular flexibility index (Phi) is 5.54. The van der Waals surface area contributed by atoms with E-state index in [4.69, 9.17) is 4.74 Å². The monoisotopic (exact) mass is 395 g/mol. The summed E-state index contributed by atoms with van der Waals surface area (Å²) >= 11 is 0. The Morgan fingerprint density at radius 3 is 2.45 bits per heavy atom. The molecule has 2 aromatic carbocycles. The number of aromatic nitrogens is 2. The van der Waals surface area contributed by atoms with E-state index in [1.807, 2.05) is 18.2 Å². The van der Waals surface area contributed by atoms with E-state index < -0.39 is 23.5 Å². The van der Waals surface area contributed by atoms with Crippen molar-refractivity contribution in [1.29, 1.82) is 0 Å². The first kappa shape index (κ1) is 19.9. The maximum absolute atomic E-state index is 12.8. The molecule has 1 atom stereocenters. The predicted octanol–water partition coefficient (Wildman–Crippen LogP) is 2.37. The lowest BCUT2D eigenvalue weighted by atomic mass is 10.2. The molecule has 8 heteroatoms. The molecule has 2 N–H and O–H groups in total. The number of hydrogen-bond donors (Lipinski definition) is 2. The molecule has 8 nitrogen and oxygen atoms in total. The number of amides is 1. The number of esters is 1. The molecule has 0 bridgehead atoms. The van der Waals surface area contributed by atoms with Gasteiger partial charge in [-0.05, 0) is 44.2 Å². The van der Waals surface area contributed by atoms with Crippen molar-refractivity contribution in [2.24, 2.45) is 7.05 Å². The van der Waals surface area contributed by atoms with Crippen LogP contribution in [0.25, 0.3) is 5.69 Å². The number of carbonyl (C=O) groups is 2. The number of aromatic hydroxyl groups is 1. The first-order valence-electron chi connectivity index (χ1n) is 8.94. The van der Waals surface area contributed by atoms with Crippen LogP contribution in [-0.2, 0) is 16.6 Å². The van der Waals surface area contributed by atoms with Gasteiger partial charge in [0.2, 0.25) is 0 Å². The smallest absolute Gasteiger partial charge is 0.339 e. The van der Waals surface area contributed by atoms with Crippen LogP contribution in [0, 0.1) is 6.92 Å². The van der Waals surface area contributed by atoms with Crippen molar-refractivity contribution in [3.63, 3.8) is 0 Å². The molecule has 0 aliphatic carbocycles. The standard InChI is InChI=1S/C21H21N3O5/c1-13-18(20(27)24(23(13)3)16-9-5-4-6-10-16)22-19(26)14(2)29-21(28)15-8-7-11-17(25)12-15/h4-12,14,25H,1-3H3,(H,22,26)/t14-/m1/s1. The minimum absolute atomic E-state index is 0.0853. The Morgan fingerprint density at radius 1 is 1.10 bits per heavy atom. The third-order valence-electron chi connectivity index (χ3n) is 4.54. The highest BCUT2D eigenvalue weighted by molar-refractivity contribution is 5.97. The van der Waals surface area contributed by atoms with Crippen LogP contribution in [0.4, 0.5) is 5.69 Å². The van der Waals surface area contributed by atoms with Gasteiger partial charge in [-0.15, -0.1) is 0 Å². The second-order valence-corrected chi connectivity index (χ2v) is 6.52. The molecule has 0 radical (unpaired) electrons. The summed E-state index contributed by atoms with van der Waals surface area (Å²) in [5.41, 5.74) is 1.05. The van der Waals surface area contributed by atoms with E-state index in [1.54, 1.807) is 30.8 Å². The van der Waals surface area contributed by atoms with Crippen LogP contribution in [0.15, 0.2) is 59.4 Å². The molecular weight excluding hydrogens is 374 g/mol. The molecule has 1 aromatic heterocycles. The molecule has 3 rings (SSSR count). The molecule has 1 heterocycles. The number of phenolic OH excluding ortho intramolecular Hbond substituents is 1. The maximum Gasteiger partial charge on any atom is 0.339 e. The topological polar surface area (TPSA) is 103 Å². The summed E-state index contributed by atoms with van der Waals surface area (Å²) in [6.07, 6.45) is -1.14.